The molecule has 25 heavy (non-hydrogen) atoms. The Morgan fingerprint density at radius 1 is 1.04 bits per heavy atom. The zero-order valence-electron chi connectivity index (χ0n) is 13.7. The maximum atomic E-state index is 13.7. The Morgan fingerprint density at radius 2 is 1.80 bits per heavy atom. The van der Waals surface area contributed by atoms with Gasteiger partial charge in [-0.05, 0) is 42.8 Å². The lowest BCUT2D eigenvalue weighted by Crippen LogP contribution is -2.00. The summed E-state index contributed by atoms with van der Waals surface area (Å²) in [4.78, 5) is 4.45. The number of hydrogen-bond acceptors (Lipinski definition) is 2. The third kappa shape index (κ3) is 4.46. The number of nitrogens with zero attached hydrogens (tertiary/aromatic N) is 1. The molecule has 0 aromatic heterocycles. The van der Waals surface area contributed by atoms with Crippen LogP contribution >= 0.6 is 11.6 Å². The molecule has 3 aromatic rings. The number of rotatable bonds is 5. The van der Waals surface area contributed by atoms with Crippen LogP contribution in [0.5, 0.6) is 5.75 Å². The predicted octanol–water partition coefficient (Wildman–Crippen LogP) is 6.12. The molecule has 0 aliphatic rings. The molecule has 126 valence electrons. The maximum Gasteiger partial charge on any atom is 0.129 e. The SMILES string of the molecule is Cc1ccc(N=Cc2ccccc2OCc2ccccc2F)cc1Cl. The van der Waals surface area contributed by atoms with E-state index in [2.05, 4.69) is 4.99 Å². The summed E-state index contributed by atoms with van der Waals surface area (Å²) < 4.78 is 19.5. The Hall–Kier alpha value is -2.65. The fourth-order valence-electron chi connectivity index (χ4n) is 2.30. The quantitative estimate of drug-likeness (QED) is 0.506. The van der Waals surface area contributed by atoms with E-state index >= 15 is 0 Å². The van der Waals surface area contributed by atoms with Gasteiger partial charge in [-0.2, -0.15) is 0 Å². The van der Waals surface area contributed by atoms with Crippen LogP contribution in [0.4, 0.5) is 10.1 Å². The first-order valence-corrected chi connectivity index (χ1v) is 8.27. The first-order chi connectivity index (χ1) is 12.1. The molecule has 0 amide bonds. The summed E-state index contributed by atoms with van der Waals surface area (Å²) in [6.45, 7) is 2.11. The summed E-state index contributed by atoms with van der Waals surface area (Å²) in [6.07, 6.45) is 1.72. The van der Waals surface area contributed by atoms with Crippen LogP contribution in [0.2, 0.25) is 5.02 Å². The smallest absolute Gasteiger partial charge is 0.129 e. The fourth-order valence-corrected chi connectivity index (χ4v) is 2.47. The van der Waals surface area contributed by atoms with E-state index in [-0.39, 0.29) is 12.4 Å². The molecule has 0 spiro atoms. The van der Waals surface area contributed by atoms with Crippen LogP contribution in [0.1, 0.15) is 16.7 Å². The molecule has 0 N–H and O–H groups in total. The largest absolute Gasteiger partial charge is 0.488 e. The average Bonchev–Trinajstić information content (AvgIpc) is 2.63. The van der Waals surface area contributed by atoms with Gasteiger partial charge in [-0.1, -0.05) is 48.0 Å². The number of halogens is 2. The van der Waals surface area contributed by atoms with Gasteiger partial charge in [-0.25, -0.2) is 4.39 Å². The Morgan fingerprint density at radius 3 is 2.60 bits per heavy atom. The highest BCUT2D eigenvalue weighted by atomic mass is 35.5. The number of para-hydroxylation sites is 1. The van der Waals surface area contributed by atoms with Gasteiger partial charge < -0.3 is 4.74 Å². The van der Waals surface area contributed by atoms with Crippen molar-refractivity contribution in [3.8, 4) is 5.75 Å². The van der Waals surface area contributed by atoms with E-state index in [0.29, 0.717) is 16.3 Å². The molecule has 0 atom stereocenters. The van der Waals surface area contributed by atoms with Crippen molar-refractivity contribution in [1.82, 2.24) is 0 Å². The number of aryl methyl sites for hydroxylation is 1. The summed E-state index contributed by atoms with van der Waals surface area (Å²) in [5.74, 6) is 0.371. The van der Waals surface area contributed by atoms with Crippen LogP contribution in [-0.2, 0) is 6.61 Å². The van der Waals surface area contributed by atoms with Crippen LogP contribution in [-0.4, -0.2) is 6.21 Å². The minimum absolute atomic E-state index is 0.161. The highest BCUT2D eigenvalue weighted by Crippen LogP contribution is 2.23. The second-order valence-corrected chi connectivity index (χ2v) is 6.02. The van der Waals surface area contributed by atoms with Crippen molar-refractivity contribution in [2.24, 2.45) is 4.99 Å². The first-order valence-electron chi connectivity index (χ1n) is 7.89. The summed E-state index contributed by atoms with van der Waals surface area (Å²) in [7, 11) is 0. The van der Waals surface area contributed by atoms with Gasteiger partial charge in [-0.3, -0.25) is 4.99 Å². The maximum absolute atomic E-state index is 13.7. The number of ether oxygens (including phenoxy) is 1. The summed E-state index contributed by atoms with van der Waals surface area (Å²) in [5, 5.41) is 0.679. The monoisotopic (exact) mass is 353 g/mol. The van der Waals surface area contributed by atoms with E-state index in [0.717, 1.165) is 16.8 Å². The van der Waals surface area contributed by atoms with Crippen LogP contribution in [0.25, 0.3) is 0 Å². The van der Waals surface area contributed by atoms with Crippen molar-refractivity contribution < 1.29 is 9.13 Å². The lowest BCUT2D eigenvalue weighted by molar-refractivity contribution is 0.299. The lowest BCUT2D eigenvalue weighted by Gasteiger charge is -2.09. The summed E-state index contributed by atoms with van der Waals surface area (Å²) in [5.41, 5.74) is 3.10. The molecule has 0 bridgehead atoms. The Kier molecular flexibility index (Phi) is 5.46. The molecule has 3 rings (SSSR count). The van der Waals surface area contributed by atoms with Crippen LogP contribution in [0.15, 0.2) is 71.7 Å². The highest BCUT2D eigenvalue weighted by Gasteiger charge is 2.05. The van der Waals surface area contributed by atoms with Gasteiger partial charge in [0.25, 0.3) is 0 Å². The molecule has 0 fully saturated rings. The van der Waals surface area contributed by atoms with Gasteiger partial charge in [-0.15, -0.1) is 0 Å². The zero-order chi connectivity index (χ0) is 17.6. The van der Waals surface area contributed by atoms with Crippen molar-refractivity contribution in [3.63, 3.8) is 0 Å². The van der Waals surface area contributed by atoms with Crippen molar-refractivity contribution >= 4 is 23.5 Å². The number of hydrogen-bond donors (Lipinski definition) is 0. The molecule has 0 aliphatic carbocycles. The predicted molar refractivity (Wildman–Crippen MR) is 101 cm³/mol. The van der Waals surface area contributed by atoms with Crippen LogP contribution in [0, 0.1) is 12.7 Å². The van der Waals surface area contributed by atoms with Crippen LogP contribution in [0.3, 0.4) is 0 Å². The van der Waals surface area contributed by atoms with Crippen molar-refractivity contribution in [2.45, 2.75) is 13.5 Å². The summed E-state index contributed by atoms with van der Waals surface area (Å²) in [6, 6.07) is 19.7. The van der Waals surface area contributed by atoms with Gasteiger partial charge in [0, 0.05) is 22.4 Å². The molecular formula is C21H17ClFNO. The molecule has 0 aliphatic heterocycles. The topological polar surface area (TPSA) is 21.6 Å². The van der Waals surface area contributed by atoms with Crippen molar-refractivity contribution in [3.05, 3.63) is 94.3 Å². The second-order valence-electron chi connectivity index (χ2n) is 5.61. The molecule has 0 saturated carbocycles. The van der Waals surface area contributed by atoms with E-state index in [9.17, 15) is 4.39 Å². The van der Waals surface area contributed by atoms with E-state index in [4.69, 9.17) is 16.3 Å². The lowest BCUT2D eigenvalue weighted by atomic mass is 10.2. The Labute approximate surface area is 151 Å². The molecule has 0 unspecified atom stereocenters. The van der Waals surface area contributed by atoms with E-state index in [1.54, 1.807) is 24.4 Å². The Balaban J connectivity index is 1.77. The molecular weight excluding hydrogens is 337 g/mol. The van der Waals surface area contributed by atoms with Gasteiger partial charge >= 0.3 is 0 Å². The van der Waals surface area contributed by atoms with Gasteiger partial charge in [0.15, 0.2) is 0 Å². The molecule has 2 nitrogen and oxygen atoms in total. The number of benzene rings is 3. The highest BCUT2D eigenvalue weighted by molar-refractivity contribution is 6.31. The normalized spacial score (nSPS) is 11.0. The molecule has 4 heteroatoms. The zero-order valence-corrected chi connectivity index (χ0v) is 14.5. The van der Waals surface area contributed by atoms with E-state index < -0.39 is 0 Å². The van der Waals surface area contributed by atoms with E-state index in [1.165, 1.54) is 6.07 Å². The van der Waals surface area contributed by atoms with Crippen LogP contribution < -0.4 is 4.74 Å². The Bertz CT molecular complexity index is 908. The summed E-state index contributed by atoms with van der Waals surface area (Å²) >= 11 is 6.13. The number of aliphatic imine (C=N–C) groups is 1. The third-order valence-electron chi connectivity index (χ3n) is 3.77. The molecule has 3 aromatic carbocycles. The minimum atomic E-state index is -0.275. The standard InChI is InChI=1S/C21H17ClFNO/c1-15-10-11-18(12-19(15)22)24-13-16-6-3-5-9-21(16)25-14-17-7-2-4-8-20(17)23/h2-13H,14H2,1H3. The van der Waals surface area contributed by atoms with Crippen molar-refractivity contribution in [2.75, 3.05) is 0 Å². The third-order valence-corrected chi connectivity index (χ3v) is 4.18. The molecule has 0 saturated heterocycles. The fraction of sp³-hybridized carbons (Fsp3) is 0.0952. The van der Waals surface area contributed by atoms with Gasteiger partial charge in [0.05, 0.1) is 5.69 Å². The minimum Gasteiger partial charge on any atom is -0.488 e. The first kappa shape index (κ1) is 17.2. The molecule has 0 heterocycles. The van der Waals surface area contributed by atoms with E-state index in [1.807, 2.05) is 49.4 Å². The molecule has 0 radical (unpaired) electrons. The van der Waals surface area contributed by atoms with Gasteiger partial charge in [0.2, 0.25) is 0 Å². The average molecular weight is 354 g/mol. The second kappa shape index (κ2) is 7.95. The van der Waals surface area contributed by atoms with Crippen molar-refractivity contribution in [1.29, 1.82) is 0 Å². The van der Waals surface area contributed by atoms with Gasteiger partial charge in [0.1, 0.15) is 18.2 Å².